The molecule has 0 fully saturated rings. The van der Waals surface area contributed by atoms with Gasteiger partial charge in [0.15, 0.2) is 10.3 Å². The Morgan fingerprint density at radius 2 is 1.69 bits per heavy atom. The molecule has 0 aliphatic carbocycles. The van der Waals surface area contributed by atoms with Crippen molar-refractivity contribution in [1.29, 1.82) is 0 Å². The van der Waals surface area contributed by atoms with E-state index in [2.05, 4.69) is 20.8 Å². The maximum atomic E-state index is 12.0. The van der Waals surface area contributed by atoms with Crippen LogP contribution in [-0.2, 0) is 0 Å². The van der Waals surface area contributed by atoms with Crippen LogP contribution >= 0.6 is 22.9 Å². The second-order valence-electron chi connectivity index (χ2n) is 5.73. The molecule has 26 heavy (non-hydrogen) atoms. The number of amides is 1. The number of aromatic nitrogens is 1. The fourth-order valence-electron chi connectivity index (χ4n) is 2.13. The molecule has 7 heteroatoms. The van der Waals surface area contributed by atoms with E-state index in [0.717, 1.165) is 11.3 Å². The molecule has 2 aromatic carbocycles. The van der Waals surface area contributed by atoms with Crippen molar-refractivity contribution in [3.05, 3.63) is 75.3 Å². The van der Waals surface area contributed by atoms with Crippen molar-refractivity contribution < 1.29 is 4.79 Å². The Labute approximate surface area is 160 Å². The molecule has 0 aliphatic heterocycles. The first kappa shape index (κ1) is 18.1. The lowest BCUT2D eigenvalue weighted by Crippen LogP contribution is -2.17. The van der Waals surface area contributed by atoms with Crippen LogP contribution in [0.25, 0.3) is 0 Å². The van der Waals surface area contributed by atoms with Crippen molar-refractivity contribution in [2.45, 2.75) is 13.8 Å². The molecular formula is C19H17ClN4OS. The number of carbonyl (C=O) groups is 1. The molecule has 0 unspecified atom stereocenters. The van der Waals surface area contributed by atoms with Crippen molar-refractivity contribution >= 4 is 45.9 Å². The van der Waals surface area contributed by atoms with Crippen LogP contribution in [0, 0.1) is 13.8 Å². The van der Waals surface area contributed by atoms with E-state index in [0.29, 0.717) is 20.7 Å². The molecule has 0 radical (unpaired) electrons. The number of hydrazone groups is 1. The monoisotopic (exact) mass is 384 g/mol. The van der Waals surface area contributed by atoms with E-state index in [4.69, 9.17) is 11.6 Å². The Balaban J connectivity index is 1.63. The van der Waals surface area contributed by atoms with Crippen LogP contribution in [0.15, 0.2) is 53.6 Å². The summed E-state index contributed by atoms with van der Waals surface area (Å²) in [7, 11) is 0. The van der Waals surface area contributed by atoms with Gasteiger partial charge in [0, 0.05) is 11.3 Å². The average Bonchev–Trinajstić information content (AvgIpc) is 2.97. The zero-order chi connectivity index (χ0) is 18.5. The zero-order valence-electron chi connectivity index (χ0n) is 14.3. The summed E-state index contributed by atoms with van der Waals surface area (Å²) in [6.45, 7) is 4.00. The lowest BCUT2D eigenvalue weighted by atomic mass is 10.1. The molecule has 1 amide bonds. The zero-order valence-corrected chi connectivity index (χ0v) is 15.9. The first-order valence-corrected chi connectivity index (χ1v) is 9.11. The lowest BCUT2D eigenvalue weighted by molar-refractivity contribution is 0.0955. The maximum Gasteiger partial charge on any atom is 0.271 e. The molecule has 3 rings (SSSR count). The van der Waals surface area contributed by atoms with E-state index in [1.807, 2.05) is 50.2 Å². The number of hydrogen-bond donors (Lipinski definition) is 2. The number of rotatable bonds is 5. The summed E-state index contributed by atoms with van der Waals surface area (Å²) in [4.78, 5) is 16.9. The number of thiazole rings is 1. The molecular weight excluding hydrogens is 368 g/mol. The van der Waals surface area contributed by atoms with Gasteiger partial charge in [-0.15, -0.1) is 0 Å². The SMILES string of the molecule is Cc1ccc(Nc2nc(Cl)c(/C=N/NC(=O)c3ccc(C)cc3)s2)cc1. The lowest BCUT2D eigenvalue weighted by Gasteiger charge is -2.01. The number of halogens is 1. The summed E-state index contributed by atoms with van der Waals surface area (Å²) in [5.41, 5.74) is 6.24. The number of anilines is 2. The average molecular weight is 385 g/mol. The summed E-state index contributed by atoms with van der Waals surface area (Å²) in [6, 6.07) is 15.2. The number of benzene rings is 2. The molecule has 132 valence electrons. The predicted octanol–water partition coefficient (Wildman–Crippen LogP) is 4.92. The fraction of sp³-hybridized carbons (Fsp3) is 0.105. The third-order valence-electron chi connectivity index (χ3n) is 3.57. The molecule has 2 N–H and O–H groups in total. The van der Waals surface area contributed by atoms with E-state index in [-0.39, 0.29) is 5.91 Å². The highest BCUT2D eigenvalue weighted by Crippen LogP contribution is 2.28. The van der Waals surface area contributed by atoms with E-state index in [1.54, 1.807) is 12.1 Å². The normalized spacial score (nSPS) is 10.9. The van der Waals surface area contributed by atoms with Gasteiger partial charge in [0.1, 0.15) is 0 Å². The molecule has 0 aliphatic rings. The largest absolute Gasteiger partial charge is 0.331 e. The van der Waals surface area contributed by atoms with E-state index in [1.165, 1.54) is 23.1 Å². The van der Waals surface area contributed by atoms with Gasteiger partial charge in [0.2, 0.25) is 0 Å². The molecule has 0 saturated heterocycles. The number of nitrogens with one attached hydrogen (secondary N) is 2. The summed E-state index contributed by atoms with van der Waals surface area (Å²) >= 11 is 7.49. The van der Waals surface area contributed by atoms with Crippen LogP contribution in [0.4, 0.5) is 10.8 Å². The Hall–Kier alpha value is -2.70. The maximum absolute atomic E-state index is 12.0. The standard InChI is InChI=1S/C19H17ClN4OS/c1-12-3-7-14(8-4-12)18(25)24-21-11-16-17(20)23-19(26-16)22-15-9-5-13(2)6-10-15/h3-11H,1-2H3,(H,22,23)(H,24,25)/b21-11+. The van der Waals surface area contributed by atoms with Gasteiger partial charge in [0.05, 0.1) is 11.1 Å². The Kier molecular flexibility index (Phi) is 5.65. The molecule has 5 nitrogen and oxygen atoms in total. The van der Waals surface area contributed by atoms with Crippen molar-refractivity contribution in [2.24, 2.45) is 5.10 Å². The molecule has 1 heterocycles. The highest BCUT2D eigenvalue weighted by atomic mass is 35.5. The van der Waals surface area contributed by atoms with Crippen molar-refractivity contribution in [3.63, 3.8) is 0 Å². The summed E-state index contributed by atoms with van der Waals surface area (Å²) in [5.74, 6) is -0.278. The van der Waals surface area contributed by atoms with E-state index in [9.17, 15) is 4.79 Å². The van der Waals surface area contributed by atoms with Crippen LogP contribution in [-0.4, -0.2) is 17.1 Å². The van der Waals surface area contributed by atoms with Gasteiger partial charge >= 0.3 is 0 Å². The molecule has 3 aromatic rings. The molecule has 0 saturated carbocycles. The van der Waals surface area contributed by atoms with Gasteiger partial charge < -0.3 is 5.32 Å². The number of aryl methyl sites for hydroxylation is 2. The Morgan fingerprint density at radius 3 is 2.35 bits per heavy atom. The molecule has 0 spiro atoms. The highest BCUT2D eigenvalue weighted by molar-refractivity contribution is 7.17. The second-order valence-corrected chi connectivity index (χ2v) is 7.12. The van der Waals surface area contributed by atoms with Gasteiger partial charge in [-0.3, -0.25) is 4.79 Å². The quantitative estimate of drug-likeness (QED) is 0.484. The molecule has 0 bridgehead atoms. The first-order chi connectivity index (χ1) is 12.5. The topological polar surface area (TPSA) is 66.4 Å². The highest BCUT2D eigenvalue weighted by Gasteiger charge is 2.08. The molecule has 1 aromatic heterocycles. The van der Waals surface area contributed by atoms with Crippen LogP contribution in [0.3, 0.4) is 0 Å². The minimum absolute atomic E-state index is 0.278. The molecule has 0 atom stereocenters. The van der Waals surface area contributed by atoms with Crippen LogP contribution in [0.5, 0.6) is 0 Å². The van der Waals surface area contributed by atoms with Crippen molar-refractivity contribution in [2.75, 3.05) is 5.32 Å². The van der Waals surface area contributed by atoms with Gasteiger partial charge in [-0.05, 0) is 38.1 Å². The first-order valence-electron chi connectivity index (χ1n) is 7.91. The third-order valence-corrected chi connectivity index (χ3v) is 4.88. The van der Waals surface area contributed by atoms with Gasteiger partial charge in [0.25, 0.3) is 5.91 Å². The number of hydrogen-bond acceptors (Lipinski definition) is 5. The van der Waals surface area contributed by atoms with Crippen LogP contribution < -0.4 is 10.7 Å². The van der Waals surface area contributed by atoms with Crippen molar-refractivity contribution in [1.82, 2.24) is 10.4 Å². The minimum Gasteiger partial charge on any atom is -0.331 e. The Bertz CT molecular complexity index is 933. The number of nitrogens with zero attached hydrogens (tertiary/aromatic N) is 2. The summed E-state index contributed by atoms with van der Waals surface area (Å²) < 4.78 is 0. The third kappa shape index (κ3) is 4.68. The van der Waals surface area contributed by atoms with Crippen LogP contribution in [0.1, 0.15) is 26.4 Å². The van der Waals surface area contributed by atoms with Gasteiger partial charge in [-0.25, -0.2) is 10.4 Å². The smallest absolute Gasteiger partial charge is 0.271 e. The van der Waals surface area contributed by atoms with Crippen molar-refractivity contribution in [3.8, 4) is 0 Å². The van der Waals surface area contributed by atoms with E-state index < -0.39 is 0 Å². The second kappa shape index (κ2) is 8.12. The number of carbonyl (C=O) groups excluding carboxylic acids is 1. The summed E-state index contributed by atoms with van der Waals surface area (Å²) in [6.07, 6.45) is 1.49. The predicted molar refractivity (Wildman–Crippen MR) is 108 cm³/mol. The van der Waals surface area contributed by atoms with E-state index >= 15 is 0 Å². The minimum atomic E-state index is -0.278. The van der Waals surface area contributed by atoms with Crippen LogP contribution in [0.2, 0.25) is 5.15 Å². The van der Waals surface area contributed by atoms with Gasteiger partial charge in [-0.2, -0.15) is 5.10 Å². The fourth-order valence-corrected chi connectivity index (χ4v) is 3.17. The summed E-state index contributed by atoms with van der Waals surface area (Å²) in [5, 5.41) is 8.15. The Morgan fingerprint density at radius 1 is 1.08 bits per heavy atom. The van der Waals surface area contributed by atoms with Gasteiger partial charge in [-0.1, -0.05) is 58.3 Å².